The number of ether oxygens (including phenoxy) is 1. The van der Waals surface area contributed by atoms with E-state index in [-0.39, 0.29) is 25.9 Å². The first-order valence-electron chi connectivity index (χ1n) is 8.79. The van der Waals surface area contributed by atoms with Crippen LogP contribution in [0.15, 0.2) is 28.7 Å². The summed E-state index contributed by atoms with van der Waals surface area (Å²) in [6.07, 6.45) is 4.02. The third-order valence-corrected chi connectivity index (χ3v) is 5.90. The van der Waals surface area contributed by atoms with E-state index in [1.165, 1.54) is 0 Å². The number of aromatic nitrogens is 3. The van der Waals surface area contributed by atoms with Crippen LogP contribution in [0.4, 0.5) is 14.7 Å². The fraction of sp³-hybridized carbons (Fsp3) is 0.556. The Labute approximate surface area is 169 Å². The molecule has 0 unspecified atom stereocenters. The van der Waals surface area contributed by atoms with Gasteiger partial charge in [-0.25, -0.2) is 13.5 Å². The minimum absolute atomic E-state index is 0.166. The minimum atomic E-state index is -2.59. The molecule has 0 bridgehead atoms. The first kappa shape index (κ1) is 20.5. The van der Waals surface area contributed by atoms with E-state index in [1.807, 2.05) is 29.2 Å². The maximum atomic E-state index is 13.5. The Balaban J connectivity index is 1.79. The molecule has 0 aliphatic carbocycles. The number of benzene rings is 1. The van der Waals surface area contributed by atoms with Crippen molar-refractivity contribution in [3.05, 3.63) is 28.7 Å². The first-order valence-corrected chi connectivity index (χ1v) is 11.8. The molecule has 1 aromatic heterocycles. The van der Waals surface area contributed by atoms with E-state index >= 15 is 0 Å². The highest BCUT2D eigenvalue weighted by Gasteiger charge is 2.35. The van der Waals surface area contributed by atoms with Crippen LogP contribution in [0.25, 0.3) is 11.4 Å². The maximum Gasteiger partial charge on any atom is 0.251 e. The number of nitrogens with zero attached hydrogens (tertiary/aromatic N) is 4. The van der Waals surface area contributed by atoms with Crippen molar-refractivity contribution in [2.75, 3.05) is 42.9 Å². The first-order chi connectivity index (χ1) is 12.8. The molecule has 1 fully saturated rings. The second kappa shape index (κ2) is 8.87. The fourth-order valence-corrected chi connectivity index (χ4v) is 3.49. The summed E-state index contributed by atoms with van der Waals surface area (Å²) >= 11 is 3.43. The van der Waals surface area contributed by atoms with Gasteiger partial charge in [0.25, 0.3) is 5.92 Å². The summed E-state index contributed by atoms with van der Waals surface area (Å²) in [5, 5.41) is 4.55. The molecule has 0 radical (unpaired) electrons. The molecule has 1 aliphatic heterocycles. The number of alkyl halides is 2. The predicted octanol–water partition coefficient (Wildman–Crippen LogP) is 3.80. The molecule has 1 aromatic carbocycles. The Bertz CT molecular complexity index is 744. The number of anilines is 1. The van der Waals surface area contributed by atoms with Crippen molar-refractivity contribution in [2.24, 2.45) is 0 Å². The van der Waals surface area contributed by atoms with Crippen molar-refractivity contribution in [1.29, 1.82) is 0 Å². The van der Waals surface area contributed by atoms with Crippen LogP contribution in [0, 0.1) is 0 Å². The highest BCUT2D eigenvalue weighted by atomic mass is 79.9. The van der Waals surface area contributed by atoms with Crippen LogP contribution in [0.2, 0.25) is 0 Å². The number of piperidine rings is 1. The summed E-state index contributed by atoms with van der Waals surface area (Å²) in [6.45, 7) is 1.46. The molecule has 2 heterocycles. The summed E-state index contributed by atoms with van der Waals surface area (Å²) in [4.78, 5) is 6.46. The van der Waals surface area contributed by atoms with E-state index in [0.29, 0.717) is 36.0 Å². The van der Waals surface area contributed by atoms with Crippen LogP contribution >= 0.6 is 15.9 Å². The number of hydrogen-bond acceptors (Lipinski definition) is 4. The third kappa shape index (κ3) is 5.65. The molecule has 0 spiro atoms. The van der Waals surface area contributed by atoms with E-state index in [4.69, 9.17) is 4.74 Å². The second-order valence-electron chi connectivity index (χ2n) is 6.81. The van der Waals surface area contributed by atoms with Gasteiger partial charge in [-0.15, -0.1) is 5.10 Å². The number of hydrogen-bond donors (Lipinski definition) is 0. The average Bonchev–Trinajstić information content (AvgIpc) is 3.03. The SMILES string of the molecule is C[S+](C)CCOCn1nc(N2CCC(F)(F)CC2)nc1-c1ccc(Br)cc1. The third-order valence-electron chi connectivity index (χ3n) is 4.39. The Hall–Kier alpha value is -1.19. The van der Waals surface area contributed by atoms with Crippen LogP contribution in [0.1, 0.15) is 12.8 Å². The van der Waals surface area contributed by atoms with Gasteiger partial charge in [0, 0.05) is 36.0 Å². The Morgan fingerprint density at radius 3 is 2.48 bits per heavy atom. The maximum absolute atomic E-state index is 13.5. The summed E-state index contributed by atoms with van der Waals surface area (Å²) in [6, 6.07) is 7.79. The van der Waals surface area contributed by atoms with Crippen LogP contribution < -0.4 is 4.90 Å². The Morgan fingerprint density at radius 1 is 1.19 bits per heavy atom. The van der Waals surface area contributed by atoms with Crippen molar-refractivity contribution in [1.82, 2.24) is 14.8 Å². The second-order valence-corrected chi connectivity index (χ2v) is 10.1. The zero-order valence-corrected chi connectivity index (χ0v) is 17.9. The van der Waals surface area contributed by atoms with Gasteiger partial charge >= 0.3 is 0 Å². The molecule has 0 atom stereocenters. The lowest BCUT2D eigenvalue weighted by atomic mass is 10.1. The summed E-state index contributed by atoms with van der Waals surface area (Å²) in [5.74, 6) is -0.426. The molecule has 3 rings (SSSR count). The molecule has 1 aliphatic rings. The lowest BCUT2D eigenvalue weighted by Gasteiger charge is -2.30. The Morgan fingerprint density at radius 2 is 1.85 bits per heavy atom. The quantitative estimate of drug-likeness (QED) is 0.464. The van der Waals surface area contributed by atoms with Crippen LogP contribution in [-0.2, 0) is 22.4 Å². The van der Waals surface area contributed by atoms with E-state index in [2.05, 4.69) is 38.5 Å². The minimum Gasteiger partial charge on any atom is -0.354 e. The van der Waals surface area contributed by atoms with Gasteiger partial charge in [-0.2, -0.15) is 4.98 Å². The van der Waals surface area contributed by atoms with Crippen LogP contribution in [-0.4, -0.2) is 58.6 Å². The van der Waals surface area contributed by atoms with E-state index in [1.54, 1.807) is 4.68 Å². The molecule has 0 amide bonds. The topological polar surface area (TPSA) is 43.2 Å². The van der Waals surface area contributed by atoms with Gasteiger partial charge < -0.3 is 9.64 Å². The van der Waals surface area contributed by atoms with Crippen LogP contribution in [0.5, 0.6) is 0 Å². The van der Waals surface area contributed by atoms with Gasteiger partial charge in [0.15, 0.2) is 5.82 Å². The van der Waals surface area contributed by atoms with Gasteiger partial charge in [-0.05, 0) is 23.0 Å². The molecule has 148 valence electrons. The molecule has 2 aromatic rings. The molecule has 5 nitrogen and oxygen atoms in total. The highest BCUT2D eigenvalue weighted by molar-refractivity contribution is 9.10. The zero-order valence-electron chi connectivity index (χ0n) is 15.5. The van der Waals surface area contributed by atoms with Gasteiger partial charge in [0.1, 0.15) is 12.5 Å². The summed E-state index contributed by atoms with van der Waals surface area (Å²) < 4.78 is 35.4. The summed E-state index contributed by atoms with van der Waals surface area (Å²) in [7, 11) is 0.322. The van der Waals surface area contributed by atoms with Crippen LogP contribution in [0.3, 0.4) is 0 Å². The molecule has 0 N–H and O–H groups in total. The van der Waals surface area contributed by atoms with Crippen molar-refractivity contribution in [2.45, 2.75) is 25.5 Å². The normalized spacial score (nSPS) is 16.9. The van der Waals surface area contributed by atoms with Crippen molar-refractivity contribution in [3.63, 3.8) is 0 Å². The molecule has 9 heteroatoms. The molecular weight excluding hydrogens is 438 g/mol. The van der Waals surface area contributed by atoms with Gasteiger partial charge in [-0.1, -0.05) is 28.1 Å². The monoisotopic (exact) mass is 461 g/mol. The molecule has 0 saturated carbocycles. The van der Waals surface area contributed by atoms with Gasteiger partial charge in [0.2, 0.25) is 5.95 Å². The summed E-state index contributed by atoms with van der Waals surface area (Å²) in [5.41, 5.74) is 0.911. The lowest BCUT2D eigenvalue weighted by molar-refractivity contribution is -0.0222. The standard InChI is InChI=1S/C18H24BrF2N4OS/c1-27(2)12-11-26-13-25-16(14-3-5-15(19)6-4-14)22-17(23-25)24-9-7-18(20,21)8-10-24/h3-6H,7-13H2,1-2H3/q+1. The van der Waals surface area contributed by atoms with Gasteiger partial charge in [0.05, 0.1) is 19.1 Å². The van der Waals surface area contributed by atoms with E-state index < -0.39 is 5.92 Å². The van der Waals surface area contributed by atoms with Crippen molar-refractivity contribution in [3.8, 4) is 11.4 Å². The highest BCUT2D eigenvalue weighted by Crippen LogP contribution is 2.30. The number of rotatable bonds is 7. The van der Waals surface area contributed by atoms with Gasteiger partial charge in [-0.3, -0.25) is 0 Å². The Kier molecular flexibility index (Phi) is 6.75. The molecule has 1 saturated heterocycles. The van der Waals surface area contributed by atoms with E-state index in [9.17, 15) is 8.78 Å². The van der Waals surface area contributed by atoms with Crippen molar-refractivity contribution < 1.29 is 13.5 Å². The molecule has 27 heavy (non-hydrogen) atoms. The lowest BCUT2D eigenvalue weighted by Crippen LogP contribution is -2.39. The smallest absolute Gasteiger partial charge is 0.251 e. The average molecular weight is 462 g/mol. The zero-order chi connectivity index (χ0) is 19.4. The van der Waals surface area contributed by atoms with Crippen molar-refractivity contribution >= 4 is 32.8 Å². The predicted molar refractivity (Wildman–Crippen MR) is 110 cm³/mol. The fourth-order valence-electron chi connectivity index (χ4n) is 2.78. The van der Waals surface area contributed by atoms with E-state index in [0.717, 1.165) is 15.8 Å². The number of halogens is 3. The molecular formula is C18H24BrF2N4OS+. The largest absolute Gasteiger partial charge is 0.354 e.